The molecule has 0 saturated carbocycles. The van der Waals surface area contributed by atoms with Gasteiger partial charge in [0.25, 0.3) is 0 Å². The molecule has 13 heavy (non-hydrogen) atoms. The second-order valence-electron chi connectivity index (χ2n) is 2.66. The van der Waals surface area contributed by atoms with Gasteiger partial charge in [-0.15, -0.1) is 11.3 Å². The number of anilines is 1. The Morgan fingerprint density at radius 1 is 1.38 bits per heavy atom. The molecule has 1 aromatic carbocycles. The molecule has 2 nitrogen and oxygen atoms in total. The molecule has 2 rings (SSSR count). The highest BCUT2D eigenvalue weighted by atomic mass is 32.1. The monoisotopic (exact) mass is 208 g/mol. The molecule has 0 aliphatic carbocycles. The molecule has 0 radical (unpaired) electrons. The fraction of sp³-hybridized carbons (Fsp3) is 0. The van der Waals surface area contributed by atoms with Gasteiger partial charge in [0, 0.05) is 10.4 Å². The molecule has 0 unspecified atom stereocenters. The number of rotatable bonds is 1. The molecule has 0 saturated heterocycles. The summed E-state index contributed by atoms with van der Waals surface area (Å²) in [6.45, 7) is 0. The molecular weight excluding hydrogens is 200 g/mol. The summed E-state index contributed by atoms with van der Waals surface area (Å²) in [4.78, 5) is 0. The topological polar surface area (TPSA) is 38.0 Å². The first kappa shape index (κ1) is 8.47. The quantitative estimate of drug-likeness (QED) is 0.707. The zero-order chi connectivity index (χ0) is 9.26. The van der Waals surface area contributed by atoms with Crippen LogP contribution in [0.15, 0.2) is 29.6 Å². The Morgan fingerprint density at radius 3 is 3.00 bits per heavy atom. The Hall–Kier alpha value is -1.13. The number of nitrogens with two attached hydrogens (primary N) is 1. The van der Waals surface area contributed by atoms with E-state index < -0.39 is 0 Å². The van der Waals surface area contributed by atoms with Crippen LogP contribution in [0.25, 0.3) is 10.1 Å². The van der Waals surface area contributed by atoms with E-state index in [1.165, 1.54) is 10.1 Å². The fourth-order valence-electron chi connectivity index (χ4n) is 1.19. The van der Waals surface area contributed by atoms with E-state index in [0.717, 1.165) is 5.69 Å². The zero-order valence-electron chi connectivity index (χ0n) is 6.78. The molecule has 4 heteroatoms. The van der Waals surface area contributed by atoms with Gasteiger partial charge in [0.15, 0.2) is 5.11 Å². The van der Waals surface area contributed by atoms with Crippen molar-refractivity contribution in [3.05, 3.63) is 29.6 Å². The summed E-state index contributed by atoms with van der Waals surface area (Å²) in [5, 5.41) is 6.48. The number of nitrogens with one attached hydrogen (secondary N) is 1. The van der Waals surface area contributed by atoms with Crippen LogP contribution in [0.4, 0.5) is 5.69 Å². The second kappa shape index (κ2) is 3.32. The molecule has 0 bridgehead atoms. The maximum atomic E-state index is 5.37. The third-order valence-electron chi connectivity index (χ3n) is 1.72. The van der Waals surface area contributed by atoms with Gasteiger partial charge in [-0.1, -0.05) is 0 Å². The Balaban J connectivity index is 2.42. The van der Waals surface area contributed by atoms with Crippen molar-refractivity contribution >= 4 is 44.4 Å². The first-order valence-corrected chi connectivity index (χ1v) is 5.08. The predicted octanol–water partition coefficient (Wildman–Crippen LogP) is 2.56. The van der Waals surface area contributed by atoms with Crippen molar-refractivity contribution in [1.82, 2.24) is 0 Å². The minimum absolute atomic E-state index is 0.301. The van der Waals surface area contributed by atoms with Gasteiger partial charge < -0.3 is 11.1 Å². The van der Waals surface area contributed by atoms with Gasteiger partial charge >= 0.3 is 0 Å². The normalized spacial score (nSPS) is 10.2. The summed E-state index contributed by atoms with van der Waals surface area (Å²) in [5.74, 6) is 0. The smallest absolute Gasteiger partial charge is 0.168 e. The molecule has 3 N–H and O–H groups in total. The third-order valence-corrected chi connectivity index (χ3v) is 2.72. The van der Waals surface area contributed by atoms with Gasteiger partial charge in [0.2, 0.25) is 0 Å². The van der Waals surface area contributed by atoms with Crippen molar-refractivity contribution in [3.8, 4) is 0 Å². The largest absolute Gasteiger partial charge is 0.376 e. The molecule has 1 aromatic heterocycles. The molecule has 0 spiro atoms. The van der Waals surface area contributed by atoms with E-state index in [2.05, 4.69) is 22.8 Å². The van der Waals surface area contributed by atoms with Crippen molar-refractivity contribution in [2.75, 3.05) is 5.32 Å². The maximum Gasteiger partial charge on any atom is 0.168 e. The van der Waals surface area contributed by atoms with Gasteiger partial charge in [0.1, 0.15) is 0 Å². The summed E-state index contributed by atoms with van der Waals surface area (Å²) in [6, 6.07) is 8.13. The Kier molecular flexibility index (Phi) is 2.16. The van der Waals surface area contributed by atoms with Crippen molar-refractivity contribution < 1.29 is 0 Å². The van der Waals surface area contributed by atoms with E-state index >= 15 is 0 Å². The van der Waals surface area contributed by atoms with E-state index in [1.807, 2.05) is 12.1 Å². The van der Waals surface area contributed by atoms with E-state index in [-0.39, 0.29) is 0 Å². The van der Waals surface area contributed by atoms with E-state index in [0.29, 0.717) is 5.11 Å². The Bertz CT molecular complexity index is 448. The minimum Gasteiger partial charge on any atom is -0.376 e. The van der Waals surface area contributed by atoms with Crippen LogP contribution in [0.5, 0.6) is 0 Å². The third kappa shape index (κ3) is 1.79. The lowest BCUT2D eigenvalue weighted by Gasteiger charge is -2.02. The summed E-state index contributed by atoms with van der Waals surface area (Å²) in [7, 11) is 0. The number of thiophene rings is 1. The summed E-state index contributed by atoms with van der Waals surface area (Å²) in [6.07, 6.45) is 0. The number of benzene rings is 1. The SMILES string of the molecule is NC(=S)Nc1ccc2sccc2c1. The minimum atomic E-state index is 0.301. The molecule has 0 aliphatic heterocycles. The fourth-order valence-corrected chi connectivity index (χ4v) is 2.08. The van der Waals surface area contributed by atoms with Crippen molar-refractivity contribution in [2.45, 2.75) is 0 Å². The van der Waals surface area contributed by atoms with Crippen LogP contribution in [0.1, 0.15) is 0 Å². The average Bonchev–Trinajstić information content (AvgIpc) is 2.49. The van der Waals surface area contributed by atoms with Crippen molar-refractivity contribution in [2.24, 2.45) is 5.73 Å². The first-order valence-electron chi connectivity index (χ1n) is 3.79. The van der Waals surface area contributed by atoms with Gasteiger partial charge in [0.05, 0.1) is 0 Å². The standard InChI is InChI=1S/C9H8N2S2/c10-9(12)11-7-1-2-8-6(5-7)3-4-13-8/h1-5H,(H3,10,11,12). The van der Waals surface area contributed by atoms with E-state index in [4.69, 9.17) is 18.0 Å². The van der Waals surface area contributed by atoms with E-state index in [1.54, 1.807) is 11.3 Å². The number of hydrogen-bond donors (Lipinski definition) is 2. The maximum absolute atomic E-state index is 5.37. The van der Waals surface area contributed by atoms with Gasteiger partial charge in [-0.25, -0.2) is 0 Å². The molecule has 0 amide bonds. The van der Waals surface area contributed by atoms with Crippen LogP contribution >= 0.6 is 23.6 Å². The van der Waals surface area contributed by atoms with Gasteiger partial charge in [-0.05, 0) is 47.2 Å². The van der Waals surface area contributed by atoms with Crippen LogP contribution in [0.3, 0.4) is 0 Å². The number of thiocarbonyl (C=S) groups is 1. The molecular formula is C9H8N2S2. The van der Waals surface area contributed by atoms with Crippen LogP contribution < -0.4 is 11.1 Å². The number of hydrogen-bond acceptors (Lipinski definition) is 2. The second-order valence-corrected chi connectivity index (χ2v) is 4.05. The summed E-state index contributed by atoms with van der Waals surface area (Å²) >= 11 is 6.47. The highest BCUT2D eigenvalue weighted by molar-refractivity contribution is 7.80. The van der Waals surface area contributed by atoms with E-state index in [9.17, 15) is 0 Å². The lowest BCUT2D eigenvalue weighted by atomic mass is 10.2. The summed E-state index contributed by atoms with van der Waals surface area (Å²) in [5.41, 5.74) is 6.31. The average molecular weight is 208 g/mol. The molecule has 0 atom stereocenters. The number of fused-ring (bicyclic) bond motifs is 1. The van der Waals surface area contributed by atoms with Crippen molar-refractivity contribution in [3.63, 3.8) is 0 Å². The van der Waals surface area contributed by atoms with Crippen molar-refractivity contribution in [1.29, 1.82) is 0 Å². The molecule has 0 fully saturated rings. The highest BCUT2D eigenvalue weighted by Crippen LogP contribution is 2.23. The highest BCUT2D eigenvalue weighted by Gasteiger charge is 1.97. The van der Waals surface area contributed by atoms with Crippen LogP contribution in [0.2, 0.25) is 0 Å². The van der Waals surface area contributed by atoms with Crippen LogP contribution in [0, 0.1) is 0 Å². The van der Waals surface area contributed by atoms with Crippen LogP contribution in [-0.2, 0) is 0 Å². The Labute approximate surface area is 85.4 Å². The summed E-state index contributed by atoms with van der Waals surface area (Å²) < 4.78 is 1.27. The van der Waals surface area contributed by atoms with Crippen LogP contribution in [-0.4, -0.2) is 5.11 Å². The molecule has 0 aliphatic rings. The Morgan fingerprint density at radius 2 is 2.23 bits per heavy atom. The molecule has 2 aromatic rings. The predicted molar refractivity (Wildman–Crippen MR) is 62.2 cm³/mol. The zero-order valence-corrected chi connectivity index (χ0v) is 8.41. The molecule has 66 valence electrons. The first-order chi connectivity index (χ1) is 6.25. The van der Waals surface area contributed by atoms with Gasteiger partial charge in [-0.2, -0.15) is 0 Å². The lowest BCUT2D eigenvalue weighted by molar-refractivity contribution is 1.65. The molecule has 1 heterocycles. The lowest BCUT2D eigenvalue weighted by Crippen LogP contribution is -2.18. The van der Waals surface area contributed by atoms with Gasteiger partial charge in [-0.3, -0.25) is 0 Å².